The van der Waals surface area contributed by atoms with E-state index in [4.69, 9.17) is 9.47 Å². The minimum absolute atomic E-state index is 0. The molecule has 4 heteroatoms. The smallest absolute Gasteiger partial charge is 1.00 e. The molecule has 0 aliphatic rings. The number of hydrogen-bond donors (Lipinski definition) is 0. The molecule has 0 aliphatic carbocycles. The van der Waals surface area contributed by atoms with E-state index in [-0.39, 0.29) is 20.3 Å². The van der Waals surface area contributed by atoms with Crippen LogP contribution in [0.5, 0.6) is 0 Å². The quantitative estimate of drug-likeness (QED) is 0.281. The maximum Gasteiger partial charge on any atom is 1.00 e. The molecule has 0 saturated carbocycles. The van der Waals surface area contributed by atoms with Gasteiger partial charge in [-0.1, -0.05) is 78.1 Å². The first-order chi connectivity index (χ1) is 9.81. The van der Waals surface area contributed by atoms with Crippen LogP contribution < -0.4 is 18.9 Å². The molecule has 0 spiro atoms. The van der Waals surface area contributed by atoms with Crippen LogP contribution in [0.3, 0.4) is 0 Å². The van der Waals surface area contributed by atoms with Crippen LogP contribution in [0.4, 0.5) is 4.79 Å². The molecule has 21 heavy (non-hydrogen) atoms. The van der Waals surface area contributed by atoms with E-state index < -0.39 is 6.16 Å². The summed E-state index contributed by atoms with van der Waals surface area (Å²) in [6.45, 7) is 5.40. The van der Waals surface area contributed by atoms with Crippen LogP contribution in [-0.4, -0.2) is 19.4 Å². The standard InChI is InChI=1S/C17H34O3.Li.H/c1-3-5-7-9-10-11-12-14-16-20-17(18)19-15-13-8-6-4-2;;/h3-16H2,1-2H3;;/q;+1;-1. The molecule has 0 aliphatic heterocycles. The van der Waals surface area contributed by atoms with Crippen LogP contribution in [0.25, 0.3) is 0 Å². The van der Waals surface area contributed by atoms with Crippen LogP contribution in [0, 0.1) is 0 Å². The van der Waals surface area contributed by atoms with E-state index in [1.165, 1.54) is 51.4 Å². The van der Waals surface area contributed by atoms with Crippen molar-refractivity contribution in [2.75, 3.05) is 13.2 Å². The average Bonchev–Trinajstić information content (AvgIpc) is 2.45. The van der Waals surface area contributed by atoms with Crippen molar-refractivity contribution < 1.29 is 34.6 Å². The van der Waals surface area contributed by atoms with Gasteiger partial charge in [0.05, 0.1) is 13.2 Å². The molecule has 122 valence electrons. The molecule has 0 aromatic heterocycles. The van der Waals surface area contributed by atoms with Crippen molar-refractivity contribution in [1.29, 1.82) is 0 Å². The van der Waals surface area contributed by atoms with Crippen LogP contribution in [-0.2, 0) is 9.47 Å². The molecule has 0 atom stereocenters. The van der Waals surface area contributed by atoms with Crippen LogP contribution >= 0.6 is 0 Å². The number of carbonyl (C=O) groups is 1. The largest absolute Gasteiger partial charge is 1.00 e. The van der Waals surface area contributed by atoms with Crippen molar-refractivity contribution in [2.45, 2.75) is 90.9 Å². The maximum absolute atomic E-state index is 11.2. The summed E-state index contributed by atoms with van der Waals surface area (Å²) in [5.74, 6) is 0. The van der Waals surface area contributed by atoms with Gasteiger partial charge in [0.1, 0.15) is 0 Å². The minimum Gasteiger partial charge on any atom is -1.00 e. The third-order valence-electron chi connectivity index (χ3n) is 3.44. The van der Waals surface area contributed by atoms with Crippen LogP contribution in [0.1, 0.15) is 92.3 Å². The van der Waals surface area contributed by atoms with Gasteiger partial charge in [-0.25, -0.2) is 4.79 Å². The van der Waals surface area contributed by atoms with Crippen LogP contribution in [0.2, 0.25) is 0 Å². The SMILES string of the molecule is CCCCCCCCCCOC(=O)OCCCCCC.[H-].[Li+]. The normalized spacial score (nSPS) is 10.0. The molecule has 0 amide bonds. The first kappa shape index (κ1) is 23.1. The Morgan fingerprint density at radius 2 is 1.00 bits per heavy atom. The molecule has 0 radical (unpaired) electrons. The fraction of sp³-hybridized carbons (Fsp3) is 0.941. The van der Waals surface area contributed by atoms with Crippen molar-refractivity contribution in [1.82, 2.24) is 0 Å². The second kappa shape index (κ2) is 19.9. The Labute approximate surface area is 145 Å². The second-order valence-electron chi connectivity index (χ2n) is 5.48. The zero-order valence-corrected chi connectivity index (χ0v) is 14.6. The van der Waals surface area contributed by atoms with Gasteiger partial charge in [-0.15, -0.1) is 0 Å². The summed E-state index contributed by atoms with van der Waals surface area (Å²) in [6.07, 6.45) is 14.0. The molecule has 0 fully saturated rings. The fourth-order valence-electron chi connectivity index (χ4n) is 2.12. The van der Waals surface area contributed by atoms with Gasteiger partial charge in [0, 0.05) is 0 Å². The Morgan fingerprint density at radius 1 is 0.667 bits per heavy atom. The van der Waals surface area contributed by atoms with Gasteiger partial charge in [0.25, 0.3) is 0 Å². The van der Waals surface area contributed by atoms with Gasteiger partial charge in [0.2, 0.25) is 0 Å². The molecule has 0 aromatic carbocycles. The fourth-order valence-corrected chi connectivity index (χ4v) is 2.12. The number of unbranched alkanes of at least 4 members (excludes halogenated alkanes) is 10. The minimum atomic E-state index is -0.496. The molecular weight excluding hydrogens is 259 g/mol. The Bertz CT molecular complexity index is 216. The van der Waals surface area contributed by atoms with E-state index in [2.05, 4.69) is 13.8 Å². The molecule has 0 heterocycles. The molecule has 0 aromatic rings. The number of ether oxygens (including phenoxy) is 2. The molecule has 0 bridgehead atoms. The summed E-state index contributed by atoms with van der Waals surface area (Å²) >= 11 is 0. The first-order valence-corrected chi connectivity index (χ1v) is 8.60. The maximum atomic E-state index is 11.2. The van der Waals surface area contributed by atoms with Crippen molar-refractivity contribution >= 4 is 6.16 Å². The van der Waals surface area contributed by atoms with Crippen molar-refractivity contribution in [3.8, 4) is 0 Å². The van der Waals surface area contributed by atoms with Gasteiger partial charge in [-0.05, 0) is 12.8 Å². The predicted octanol–water partition coefficient (Wildman–Crippen LogP) is 2.98. The number of rotatable bonds is 14. The zero-order chi connectivity index (χ0) is 14.9. The van der Waals surface area contributed by atoms with E-state index in [0.29, 0.717) is 13.2 Å². The van der Waals surface area contributed by atoms with Gasteiger partial charge in [-0.3, -0.25) is 0 Å². The molecule has 0 saturated heterocycles. The predicted molar refractivity (Wildman–Crippen MR) is 85.2 cm³/mol. The Balaban J connectivity index is -0.00000180. The third kappa shape index (κ3) is 19.9. The van der Waals surface area contributed by atoms with Gasteiger partial charge < -0.3 is 10.9 Å². The van der Waals surface area contributed by atoms with E-state index in [1.54, 1.807) is 0 Å². The zero-order valence-electron chi connectivity index (χ0n) is 15.6. The van der Waals surface area contributed by atoms with Crippen molar-refractivity contribution in [3.05, 3.63) is 0 Å². The summed E-state index contributed by atoms with van der Waals surface area (Å²) in [5.41, 5.74) is 0. The van der Waals surface area contributed by atoms with Gasteiger partial charge in [-0.2, -0.15) is 0 Å². The van der Waals surface area contributed by atoms with Crippen LogP contribution in [0.15, 0.2) is 0 Å². The molecule has 0 unspecified atom stereocenters. The molecule has 0 N–H and O–H groups in total. The van der Waals surface area contributed by atoms with E-state index >= 15 is 0 Å². The number of carbonyl (C=O) groups excluding carboxylic acids is 1. The Hall–Kier alpha value is -0.133. The van der Waals surface area contributed by atoms with Gasteiger partial charge >= 0.3 is 25.0 Å². The monoisotopic (exact) mass is 294 g/mol. The first-order valence-electron chi connectivity index (χ1n) is 8.60. The molecular formula is C17H35LiO3. The topological polar surface area (TPSA) is 35.5 Å². The summed E-state index contributed by atoms with van der Waals surface area (Å²) in [4.78, 5) is 11.2. The summed E-state index contributed by atoms with van der Waals surface area (Å²) in [6, 6.07) is 0. The van der Waals surface area contributed by atoms with E-state index in [9.17, 15) is 4.79 Å². The Morgan fingerprint density at radius 3 is 1.43 bits per heavy atom. The van der Waals surface area contributed by atoms with Gasteiger partial charge in [0.15, 0.2) is 0 Å². The second-order valence-corrected chi connectivity index (χ2v) is 5.48. The summed E-state index contributed by atoms with van der Waals surface area (Å²) < 4.78 is 10.0. The summed E-state index contributed by atoms with van der Waals surface area (Å²) in [5, 5.41) is 0. The summed E-state index contributed by atoms with van der Waals surface area (Å²) in [7, 11) is 0. The average molecular weight is 294 g/mol. The van der Waals surface area contributed by atoms with E-state index in [1.807, 2.05) is 0 Å². The molecule has 0 rings (SSSR count). The van der Waals surface area contributed by atoms with E-state index in [0.717, 1.165) is 25.7 Å². The Kier molecular flexibility index (Phi) is 21.9. The third-order valence-corrected chi connectivity index (χ3v) is 3.44. The molecule has 3 nitrogen and oxygen atoms in total. The van der Waals surface area contributed by atoms with Crippen molar-refractivity contribution in [2.24, 2.45) is 0 Å². The number of hydrogen-bond acceptors (Lipinski definition) is 3. The van der Waals surface area contributed by atoms with Crippen molar-refractivity contribution in [3.63, 3.8) is 0 Å².